The summed E-state index contributed by atoms with van der Waals surface area (Å²) >= 11 is 0. The van der Waals surface area contributed by atoms with Crippen LogP contribution >= 0.6 is 0 Å². The van der Waals surface area contributed by atoms with Gasteiger partial charge < -0.3 is 25.3 Å². The van der Waals surface area contributed by atoms with Gasteiger partial charge in [0.15, 0.2) is 11.3 Å². The largest absolute Gasteiger partial charge is 0.405 e. The number of allylic oxidation sites excluding steroid dienone is 1. The number of anilines is 1. The number of fused-ring (bicyclic) bond motifs is 2. The third-order valence-corrected chi connectivity index (χ3v) is 10.3. The molecule has 2 fully saturated rings. The van der Waals surface area contributed by atoms with Crippen LogP contribution in [0.25, 0.3) is 45.8 Å². The Bertz CT molecular complexity index is 1910. The second-order valence-electron chi connectivity index (χ2n) is 13.5. The molecule has 0 saturated carbocycles. The lowest BCUT2D eigenvalue weighted by molar-refractivity contribution is 0.122. The summed E-state index contributed by atoms with van der Waals surface area (Å²) in [5, 5.41) is 8.98. The number of likely N-dealkylation sites (N-methyl/N-ethyl adjacent to an activating group) is 1. The Labute approximate surface area is 283 Å². The number of aromatic nitrogens is 4. The molecule has 4 aromatic rings. The van der Waals surface area contributed by atoms with E-state index < -0.39 is 0 Å². The second-order valence-corrected chi connectivity index (χ2v) is 13.5. The van der Waals surface area contributed by atoms with Crippen molar-refractivity contribution in [2.45, 2.75) is 26.7 Å². The van der Waals surface area contributed by atoms with Crippen molar-refractivity contribution in [3.63, 3.8) is 0 Å². The molecule has 0 bridgehead atoms. The minimum atomic E-state index is 0.300. The van der Waals surface area contributed by atoms with Gasteiger partial charge in [-0.05, 0) is 73.5 Å². The van der Waals surface area contributed by atoms with Crippen molar-refractivity contribution in [2.75, 3.05) is 77.5 Å². The molecule has 10 heteroatoms. The third-order valence-electron chi connectivity index (χ3n) is 10.3. The summed E-state index contributed by atoms with van der Waals surface area (Å²) in [6.45, 7) is 13.7. The van der Waals surface area contributed by atoms with E-state index in [1.807, 2.05) is 6.20 Å². The number of ether oxygens (including phenoxy) is 1. The summed E-state index contributed by atoms with van der Waals surface area (Å²) < 4.78 is 5.63. The molecule has 7 rings (SSSR count). The van der Waals surface area contributed by atoms with Crippen molar-refractivity contribution in [3.05, 3.63) is 70.5 Å². The van der Waals surface area contributed by atoms with Crippen molar-refractivity contribution >= 4 is 28.9 Å². The molecule has 4 N–H and O–H groups in total. The minimum Gasteiger partial charge on any atom is -0.405 e. The maximum absolute atomic E-state index is 6.20. The SMILES string of the molecule is C/C=C/c1cc(-c2cccc3[nH]c(-c4n[nH]c5c4=CC(C(CC)C/C(=C\N)CN4CCN(C)CC4)CN=5)nc23)cc(N2CCOCC2)c1. The smallest absolute Gasteiger partial charge is 0.159 e. The zero-order valence-corrected chi connectivity index (χ0v) is 28.6. The van der Waals surface area contributed by atoms with Crippen LogP contribution in [0.2, 0.25) is 0 Å². The maximum atomic E-state index is 6.20. The molecular weight excluding hydrogens is 598 g/mol. The third kappa shape index (κ3) is 6.83. The average Bonchev–Trinajstić information content (AvgIpc) is 3.75. The number of aromatic amines is 2. The van der Waals surface area contributed by atoms with Gasteiger partial charge in [-0.15, -0.1) is 0 Å². The first-order chi connectivity index (χ1) is 23.5. The molecule has 2 unspecified atom stereocenters. The summed E-state index contributed by atoms with van der Waals surface area (Å²) in [5.74, 6) is 1.50. The van der Waals surface area contributed by atoms with Gasteiger partial charge in [-0.2, -0.15) is 5.10 Å². The van der Waals surface area contributed by atoms with E-state index in [2.05, 4.69) is 100 Å². The highest BCUT2D eigenvalue weighted by molar-refractivity contribution is 5.94. The minimum absolute atomic E-state index is 0.300. The standard InChI is InChI=1S/C38H49N9O/c1-4-7-26-18-29(21-31(20-26)47-14-16-48-17-15-47)32-8-6-9-34-35(32)42-38(41-34)36-33-22-30(24-40-37(33)44-43-36)28(5-2)19-27(23-39)25-46-12-10-45(3)11-13-46/h4,6-9,18,20-23,28,30H,5,10-17,19,24-25,39H2,1-3H3,(H,40,44)(H,41,42)/b7-4+,27-23+. The Hall–Kier alpha value is -4.25. The number of nitrogens with one attached hydrogen (secondary N) is 2. The van der Waals surface area contributed by atoms with E-state index in [0.29, 0.717) is 11.8 Å². The lowest BCUT2D eigenvalue weighted by atomic mass is 9.83. The average molecular weight is 648 g/mol. The predicted octanol–water partition coefficient (Wildman–Crippen LogP) is 4.03. The van der Waals surface area contributed by atoms with Gasteiger partial charge in [0.1, 0.15) is 5.69 Å². The zero-order chi connectivity index (χ0) is 33.0. The summed E-state index contributed by atoms with van der Waals surface area (Å²) in [4.78, 5) is 21.1. The van der Waals surface area contributed by atoms with Gasteiger partial charge in [-0.1, -0.05) is 43.7 Å². The molecule has 0 radical (unpaired) electrons. The first-order valence-corrected chi connectivity index (χ1v) is 17.5. The molecule has 2 atom stereocenters. The summed E-state index contributed by atoms with van der Waals surface area (Å²) in [6, 6.07) is 13.2. The fourth-order valence-electron chi connectivity index (χ4n) is 7.42. The fraction of sp³-hybridized carbons (Fsp3) is 0.447. The van der Waals surface area contributed by atoms with Gasteiger partial charge in [0.2, 0.25) is 0 Å². The number of morpholine rings is 1. The van der Waals surface area contributed by atoms with E-state index in [4.69, 9.17) is 25.5 Å². The van der Waals surface area contributed by atoms with E-state index in [1.54, 1.807) is 0 Å². The maximum Gasteiger partial charge on any atom is 0.159 e. The van der Waals surface area contributed by atoms with E-state index >= 15 is 0 Å². The lowest BCUT2D eigenvalue weighted by Crippen LogP contribution is -2.45. The van der Waals surface area contributed by atoms with Crippen LogP contribution in [0.5, 0.6) is 0 Å². The molecule has 252 valence electrons. The number of hydrogen-bond acceptors (Lipinski definition) is 8. The Balaban J connectivity index is 1.18. The summed E-state index contributed by atoms with van der Waals surface area (Å²) in [7, 11) is 2.20. The molecule has 48 heavy (non-hydrogen) atoms. The molecule has 3 aliphatic rings. The van der Waals surface area contributed by atoms with Crippen LogP contribution < -0.4 is 21.3 Å². The molecule has 5 heterocycles. The van der Waals surface area contributed by atoms with Crippen LogP contribution in [-0.2, 0) is 4.74 Å². The number of nitrogens with two attached hydrogens (primary N) is 1. The first kappa shape index (κ1) is 32.3. The van der Waals surface area contributed by atoms with Crippen molar-refractivity contribution in [1.29, 1.82) is 0 Å². The van der Waals surface area contributed by atoms with Crippen LogP contribution in [0, 0.1) is 11.8 Å². The van der Waals surface area contributed by atoms with Gasteiger partial charge in [-0.3, -0.25) is 15.0 Å². The Morgan fingerprint density at radius 2 is 1.94 bits per heavy atom. The number of para-hydroxylation sites is 1. The van der Waals surface area contributed by atoms with Gasteiger partial charge >= 0.3 is 0 Å². The van der Waals surface area contributed by atoms with Gasteiger partial charge in [0, 0.05) is 74.7 Å². The summed E-state index contributed by atoms with van der Waals surface area (Å²) in [5.41, 5.74) is 15.7. The number of hydrogen-bond donors (Lipinski definition) is 3. The van der Waals surface area contributed by atoms with Gasteiger partial charge in [0.05, 0.1) is 24.2 Å². The highest BCUT2D eigenvalue weighted by Gasteiger charge is 2.25. The Kier molecular flexibility index (Phi) is 9.74. The van der Waals surface area contributed by atoms with Crippen LogP contribution in [0.1, 0.15) is 32.3 Å². The molecule has 10 nitrogen and oxygen atoms in total. The van der Waals surface area contributed by atoms with Crippen molar-refractivity contribution in [2.24, 2.45) is 22.6 Å². The highest BCUT2D eigenvalue weighted by atomic mass is 16.5. The van der Waals surface area contributed by atoms with E-state index in [9.17, 15) is 0 Å². The molecule has 0 spiro atoms. The molecule has 2 saturated heterocycles. The number of imidazole rings is 1. The van der Waals surface area contributed by atoms with Crippen molar-refractivity contribution < 1.29 is 4.74 Å². The monoisotopic (exact) mass is 647 g/mol. The van der Waals surface area contributed by atoms with Gasteiger partial charge in [-0.25, -0.2) is 4.98 Å². The summed E-state index contributed by atoms with van der Waals surface area (Å²) in [6.07, 6.45) is 10.5. The topological polar surface area (TPSA) is 115 Å². The van der Waals surface area contributed by atoms with E-state index in [1.165, 1.54) is 16.8 Å². The fourth-order valence-corrected chi connectivity index (χ4v) is 7.42. The quantitative estimate of drug-likeness (QED) is 0.238. The molecule has 0 aliphatic carbocycles. The first-order valence-electron chi connectivity index (χ1n) is 17.5. The van der Waals surface area contributed by atoms with Crippen LogP contribution in [0.15, 0.2) is 59.2 Å². The highest BCUT2D eigenvalue weighted by Crippen LogP contribution is 2.33. The molecule has 2 aromatic carbocycles. The molecule has 3 aliphatic heterocycles. The van der Waals surface area contributed by atoms with Crippen LogP contribution in [0.4, 0.5) is 5.69 Å². The molecule has 0 amide bonds. The number of benzene rings is 2. The van der Waals surface area contributed by atoms with E-state index in [-0.39, 0.29) is 0 Å². The normalized spacial score (nSPS) is 20.2. The van der Waals surface area contributed by atoms with Crippen molar-refractivity contribution in [1.82, 2.24) is 30.0 Å². The Morgan fingerprint density at radius 1 is 1.10 bits per heavy atom. The van der Waals surface area contributed by atoms with Crippen molar-refractivity contribution in [3.8, 4) is 22.6 Å². The number of H-pyrrole nitrogens is 2. The van der Waals surface area contributed by atoms with Gasteiger partial charge in [0.25, 0.3) is 0 Å². The van der Waals surface area contributed by atoms with Crippen LogP contribution in [0.3, 0.4) is 0 Å². The number of rotatable bonds is 10. The number of piperazine rings is 1. The molecular formula is C38H49N9O. The Morgan fingerprint density at radius 3 is 2.71 bits per heavy atom. The number of nitrogens with zero attached hydrogens (tertiary/aromatic N) is 6. The molecule has 2 aromatic heterocycles. The lowest BCUT2D eigenvalue weighted by Gasteiger charge is -2.33. The van der Waals surface area contributed by atoms with Crippen LogP contribution in [-0.4, -0.2) is 103 Å². The zero-order valence-electron chi connectivity index (χ0n) is 28.6. The predicted molar refractivity (Wildman–Crippen MR) is 195 cm³/mol. The van der Waals surface area contributed by atoms with E-state index in [0.717, 1.165) is 123 Å². The second kappa shape index (κ2) is 14.5.